The molecule has 0 aliphatic carbocycles. The largest absolute Gasteiger partial charge is 0.353 e. The van der Waals surface area contributed by atoms with E-state index in [1.54, 1.807) is 0 Å². The minimum Gasteiger partial charge on any atom is -0.353 e. The quantitative estimate of drug-likeness (QED) is 0.758. The molecule has 3 atom stereocenters. The lowest BCUT2D eigenvalue weighted by atomic mass is 9.99. The second kappa shape index (κ2) is 10.4. The van der Waals surface area contributed by atoms with Crippen molar-refractivity contribution in [2.24, 2.45) is 11.7 Å². The van der Waals surface area contributed by atoms with Crippen LogP contribution in [-0.4, -0.2) is 42.5 Å². The maximum atomic E-state index is 11.9. The Morgan fingerprint density at radius 2 is 2.10 bits per heavy atom. The van der Waals surface area contributed by atoms with Gasteiger partial charge in [0, 0.05) is 19.1 Å². The fourth-order valence-electron chi connectivity index (χ4n) is 2.77. The third kappa shape index (κ3) is 5.98. The van der Waals surface area contributed by atoms with Crippen molar-refractivity contribution in [1.82, 2.24) is 10.2 Å². The Kier molecular flexibility index (Phi) is 10.2. The SMILES string of the molecule is CCC(C)C(N)C(=O)NCCN1CCCCC1CC.Cl. The van der Waals surface area contributed by atoms with Gasteiger partial charge in [-0.1, -0.05) is 33.6 Å². The molecule has 20 heavy (non-hydrogen) atoms. The Morgan fingerprint density at radius 3 is 2.70 bits per heavy atom. The van der Waals surface area contributed by atoms with Crippen LogP contribution in [0.2, 0.25) is 0 Å². The molecule has 0 aromatic rings. The molecule has 0 aromatic heterocycles. The van der Waals surface area contributed by atoms with Gasteiger partial charge in [-0.05, 0) is 31.7 Å². The molecule has 0 radical (unpaired) electrons. The Labute approximate surface area is 130 Å². The average molecular weight is 306 g/mol. The highest BCUT2D eigenvalue weighted by Gasteiger charge is 2.22. The molecule has 0 saturated carbocycles. The molecule has 1 aliphatic heterocycles. The van der Waals surface area contributed by atoms with Gasteiger partial charge in [0.1, 0.15) is 0 Å². The second-order valence-corrected chi connectivity index (χ2v) is 5.80. The van der Waals surface area contributed by atoms with Crippen molar-refractivity contribution < 1.29 is 4.79 Å². The number of amides is 1. The summed E-state index contributed by atoms with van der Waals surface area (Å²) in [4.78, 5) is 14.4. The van der Waals surface area contributed by atoms with Gasteiger partial charge in [-0.3, -0.25) is 9.69 Å². The number of piperidine rings is 1. The summed E-state index contributed by atoms with van der Waals surface area (Å²) in [6.45, 7) is 9.20. The van der Waals surface area contributed by atoms with E-state index < -0.39 is 0 Å². The molecule has 5 heteroatoms. The molecule has 4 nitrogen and oxygen atoms in total. The first kappa shape index (κ1) is 19.7. The fourth-order valence-corrected chi connectivity index (χ4v) is 2.77. The molecule has 3 N–H and O–H groups in total. The van der Waals surface area contributed by atoms with Gasteiger partial charge in [0.25, 0.3) is 0 Å². The average Bonchev–Trinajstić information content (AvgIpc) is 2.45. The predicted molar refractivity (Wildman–Crippen MR) is 87.2 cm³/mol. The Balaban J connectivity index is 0.00000361. The summed E-state index contributed by atoms with van der Waals surface area (Å²) in [6.07, 6.45) is 6.09. The fraction of sp³-hybridized carbons (Fsp3) is 0.933. The predicted octanol–water partition coefficient (Wildman–Crippen LogP) is 2.16. The van der Waals surface area contributed by atoms with E-state index in [1.165, 1.54) is 32.2 Å². The van der Waals surface area contributed by atoms with E-state index >= 15 is 0 Å². The van der Waals surface area contributed by atoms with E-state index in [4.69, 9.17) is 5.73 Å². The van der Waals surface area contributed by atoms with E-state index in [-0.39, 0.29) is 30.3 Å². The topological polar surface area (TPSA) is 58.4 Å². The molecule has 1 heterocycles. The summed E-state index contributed by atoms with van der Waals surface area (Å²) in [5, 5.41) is 2.98. The number of nitrogens with one attached hydrogen (secondary N) is 1. The maximum Gasteiger partial charge on any atom is 0.237 e. The van der Waals surface area contributed by atoms with Crippen LogP contribution in [0.1, 0.15) is 52.9 Å². The summed E-state index contributed by atoms with van der Waals surface area (Å²) in [6, 6.07) is 0.335. The molecule has 1 amide bonds. The molecule has 3 unspecified atom stereocenters. The lowest BCUT2D eigenvalue weighted by Gasteiger charge is -2.35. The summed E-state index contributed by atoms with van der Waals surface area (Å²) in [5.74, 6) is 0.248. The minimum atomic E-state index is -0.367. The molecule has 0 spiro atoms. The third-order valence-corrected chi connectivity index (χ3v) is 4.48. The normalized spacial score (nSPS) is 22.7. The molecular weight excluding hydrogens is 274 g/mol. The number of rotatable bonds is 7. The van der Waals surface area contributed by atoms with Crippen molar-refractivity contribution in [3.8, 4) is 0 Å². The van der Waals surface area contributed by atoms with Gasteiger partial charge in [-0.25, -0.2) is 0 Å². The molecule has 1 saturated heterocycles. The van der Waals surface area contributed by atoms with Gasteiger partial charge in [-0.2, -0.15) is 0 Å². The van der Waals surface area contributed by atoms with Gasteiger partial charge in [0.2, 0.25) is 5.91 Å². The lowest BCUT2D eigenvalue weighted by Crippen LogP contribution is -2.48. The van der Waals surface area contributed by atoms with Crippen LogP contribution in [-0.2, 0) is 4.79 Å². The number of hydrogen-bond donors (Lipinski definition) is 2. The van der Waals surface area contributed by atoms with Crippen molar-refractivity contribution in [3.05, 3.63) is 0 Å². The highest BCUT2D eigenvalue weighted by Crippen LogP contribution is 2.18. The van der Waals surface area contributed by atoms with Crippen LogP contribution in [0.15, 0.2) is 0 Å². The number of nitrogens with two attached hydrogens (primary N) is 1. The molecule has 1 rings (SSSR count). The maximum absolute atomic E-state index is 11.9. The first-order valence-corrected chi connectivity index (χ1v) is 7.87. The molecule has 0 bridgehead atoms. The zero-order valence-corrected chi connectivity index (χ0v) is 14.0. The van der Waals surface area contributed by atoms with Crippen LogP contribution in [0.25, 0.3) is 0 Å². The van der Waals surface area contributed by atoms with Gasteiger partial charge in [-0.15, -0.1) is 12.4 Å². The van der Waals surface area contributed by atoms with Crippen LogP contribution in [0, 0.1) is 5.92 Å². The highest BCUT2D eigenvalue weighted by atomic mass is 35.5. The number of hydrogen-bond acceptors (Lipinski definition) is 3. The van der Waals surface area contributed by atoms with Crippen molar-refractivity contribution >= 4 is 18.3 Å². The van der Waals surface area contributed by atoms with E-state index in [1.807, 2.05) is 6.92 Å². The third-order valence-electron chi connectivity index (χ3n) is 4.48. The lowest BCUT2D eigenvalue weighted by molar-refractivity contribution is -0.123. The highest BCUT2D eigenvalue weighted by molar-refractivity contribution is 5.85. The van der Waals surface area contributed by atoms with Crippen molar-refractivity contribution in [1.29, 1.82) is 0 Å². The van der Waals surface area contributed by atoms with Crippen LogP contribution >= 0.6 is 12.4 Å². The van der Waals surface area contributed by atoms with Crippen molar-refractivity contribution in [2.75, 3.05) is 19.6 Å². The Morgan fingerprint density at radius 1 is 1.40 bits per heavy atom. The molecule has 1 aliphatic rings. The van der Waals surface area contributed by atoms with Crippen LogP contribution in [0.4, 0.5) is 0 Å². The van der Waals surface area contributed by atoms with Crippen molar-refractivity contribution in [2.45, 2.75) is 65.0 Å². The van der Waals surface area contributed by atoms with Crippen molar-refractivity contribution in [3.63, 3.8) is 0 Å². The standard InChI is InChI=1S/C15H31N3O.ClH/c1-4-12(3)14(16)15(19)17-9-11-18-10-7-6-8-13(18)5-2;/h12-14H,4-11,16H2,1-3H3,(H,17,19);1H. The first-order valence-electron chi connectivity index (χ1n) is 7.87. The Bertz CT molecular complexity index is 276. The second-order valence-electron chi connectivity index (χ2n) is 5.80. The van der Waals surface area contributed by atoms with E-state index in [9.17, 15) is 4.79 Å². The van der Waals surface area contributed by atoms with Gasteiger partial charge < -0.3 is 11.1 Å². The van der Waals surface area contributed by atoms with Gasteiger partial charge >= 0.3 is 0 Å². The number of halogens is 1. The Hall–Kier alpha value is -0.320. The molecule has 1 fully saturated rings. The van der Waals surface area contributed by atoms with Crippen LogP contribution in [0.5, 0.6) is 0 Å². The molecule has 120 valence electrons. The minimum absolute atomic E-state index is 0. The number of carbonyl (C=O) groups excluding carboxylic acids is 1. The summed E-state index contributed by atoms with van der Waals surface area (Å²) in [5.41, 5.74) is 5.92. The summed E-state index contributed by atoms with van der Waals surface area (Å²) < 4.78 is 0. The van der Waals surface area contributed by atoms with E-state index in [2.05, 4.69) is 24.1 Å². The van der Waals surface area contributed by atoms with E-state index in [0.717, 1.165) is 19.5 Å². The first-order chi connectivity index (χ1) is 9.10. The smallest absolute Gasteiger partial charge is 0.237 e. The van der Waals surface area contributed by atoms with Crippen LogP contribution in [0.3, 0.4) is 0 Å². The number of nitrogens with zero attached hydrogens (tertiary/aromatic N) is 1. The summed E-state index contributed by atoms with van der Waals surface area (Å²) >= 11 is 0. The van der Waals surface area contributed by atoms with Crippen LogP contribution < -0.4 is 11.1 Å². The number of carbonyl (C=O) groups is 1. The number of likely N-dealkylation sites (tertiary alicyclic amines) is 1. The van der Waals surface area contributed by atoms with Gasteiger partial charge in [0.05, 0.1) is 6.04 Å². The van der Waals surface area contributed by atoms with E-state index in [0.29, 0.717) is 6.04 Å². The molecule has 0 aromatic carbocycles. The zero-order valence-electron chi connectivity index (χ0n) is 13.2. The molecular formula is C15H32ClN3O. The summed E-state index contributed by atoms with van der Waals surface area (Å²) in [7, 11) is 0. The monoisotopic (exact) mass is 305 g/mol. The zero-order chi connectivity index (χ0) is 14.3. The van der Waals surface area contributed by atoms with Gasteiger partial charge in [0.15, 0.2) is 0 Å².